The van der Waals surface area contributed by atoms with Crippen LogP contribution in [-0.4, -0.2) is 24.1 Å². The molecule has 0 heterocycles. The van der Waals surface area contributed by atoms with Crippen LogP contribution in [0.3, 0.4) is 0 Å². The van der Waals surface area contributed by atoms with Gasteiger partial charge >= 0.3 is 5.97 Å². The molecule has 6 heteroatoms. The molecule has 1 amide bonds. The molecule has 1 unspecified atom stereocenters. The molecule has 3 aromatic carbocycles. The summed E-state index contributed by atoms with van der Waals surface area (Å²) in [5.41, 5.74) is 3.01. The Morgan fingerprint density at radius 1 is 0.943 bits per heavy atom. The van der Waals surface area contributed by atoms with Gasteiger partial charge in [0.1, 0.15) is 6.61 Å². The molecule has 3 rings (SSSR count). The summed E-state index contributed by atoms with van der Waals surface area (Å²) < 4.78 is 11.3. The summed E-state index contributed by atoms with van der Waals surface area (Å²) in [6.45, 7) is 4.49. The highest BCUT2D eigenvalue weighted by molar-refractivity contribution is 5.96. The normalized spacial score (nSPS) is 11.7. The Labute approximate surface area is 206 Å². The number of para-hydroxylation sites is 2. The number of nitrogens with one attached hydrogen (secondary N) is 1. The average molecular weight is 476 g/mol. The SMILES string of the molecule is COc1ccccc1OCc1ccc(CCC(=O)O)c(C(=O)NC(CC(C)C)c2ccccc2)c1. The van der Waals surface area contributed by atoms with Gasteiger partial charge in [-0.1, -0.05) is 68.4 Å². The minimum Gasteiger partial charge on any atom is -0.493 e. The molecule has 0 saturated heterocycles. The molecule has 6 nitrogen and oxygen atoms in total. The number of aryl methyl sites for hydroxylation is 1. The number of aliphatic carboxylic acids is 1. The number of carboxylic acids is 1. The number of ether oxygens (including phenoxy) is 2. The Bertz CT molecular complexity index is 1130. The molecular formula is C29H33NO5. The summed E-state index contributed by atoms with van der Waals surface area (Å²) in [7, 11) is 1.59. The Morgan fingerprint density at radius 3 is 2.29 bits per heavy atom. The van der Waals surface area contributed by atoms with Gasteiger partial charge in [-0.3, -0.25) is 9.59 Å². The molecule has 3 aromatic rings. The second-order valence-corrected chi connectivity index (χ2v) is 8.89. The smallest absolute Gasteiger partial charge is 0.303 e. The number of methoxy groups -OCH3 is 1. The number of rotatable bonds is 12. The van der Waals surface area contributed by atoms with Gasteiger partial charge in [0.2, 0.25) is 0 Å². The summed E-state index contributed by atoms with van der Waals surface area (Å²) in [6, 6.07) is 22.6. The number of hydrogen-bond donors (Lipinski definition) is 2. The van der Waals surface area contributed by atoms with E-state index in [9.17, 15) is 14.7 Å². The Hall–Kier alpha value is -3.80. The highest BCUT2D eigenvalue weighted by Crippen LogP contribution is 2.27. The molecule has 35 heavy (non-hydrogen) atoms. The molecule has 1 atom stereocenters. The van der Waals surface area contributed by atoms with Crippen molar-refractivity contribution in [3.63, 3.8) is 0 Å². The fourth-order valence-corrected chi connectivity index (χ4v) is 3.95. The van der Waals surface area contributed by atoms with E-state index in [0.29, 0.717) is 28.5 Å². The minimum absolute atomic E-state index is 0.0502. The van der Waals surface area contributed by atoms with E-state index in [2.05, 4.69) is 19.2 Å². The standard InChI is InChI=1S/C29H33NO5/c1-20(2)17-25(23-9-5-4-6-10-23)30-29(33)24-18-21(13-14-22(24)15-16-28(31)32)19-35-27-12-8-7-11-26(27)34-3/h4-14,18,20,25H,15-17,19H2,1-3H3,(H,30,33)(H,31,32). The van der Waals surface area contributed by atoms with Crippen molar-refractivity contribution in [1.29, 1.82) is 0 Å². The van der Waals surface area contributed by atoms with Crippen molar-refractivity contribution in [2.45, 2.75) is 45.8 Å². The molecule has 0 aromatic heterocycles. The first kappa shape index (κ1) is 25.8. The van der Waals surface area contributed by atoms with E-state index in [-0.39, 0.29) is 31.4 Å². The third kappa shape index (κ3) is 7.60. The van der Waals surface area contributed by atoms with Gasteiger partial charge in [-0.15, -0.1) is 0 Å². The van der Waals surface area contributed by atoms with Crippen LogP contribution in [0.2, 0.25) is 0 Å². The van der Waals surface area contributed by atoms with Gasteiger partial charge in [0.05, 0.1) is 13.2 Å². The third-order valence-electron chi connectivity index (χ3n) is 5.70. The summed E-state index contributed by atoms with van der Waals surface area (Å²) in [5.74, 6) is 0.494. The van der Waals surface area contributed by atoms with Gasteiger partial charge in [0, 0.05) is 12.0 Å². The summed E-state index contributed by atoms with van der Waals surface area (Å²) in [5, 5.41) is 12.4. The largest absolute Gasteiger partial charge is 0.493 e. The van der Waals surface area contributed by atoms with Gasteiger partial charge in [-0.05, 0) is 53.6 Å². The maximum Gasteiger partial charge on any atom is 0.303 e. The van der Waals surface area contributed by atoms with E-state index in [0.717, 1.165) is 17.5 Å². The van der Waals surface area contributed by atoms with Crippen LogP contribution in [0.5, 0.6) is 11.5 Å². The fourth-order valence-electron chi connectivity index (χ4n) is 3.95. The molecule has 2 N–H and O–H groups in total. The molecule has 0 fully saturated rings. The van der Waals surface area contributed by atoms with Gasteiger partial charge < -0.3 is 19.9 Å². The van der Waals surface area contributed by atoms with Crippen molar-refractivity contribution in [3.8, 4) is 11.5 Å². The quantitative estimate of drug-likeness (QED) is 0.345. The highest BCUT2D eigenvalue weighted by Gasteiger charge is 2.20. The molecule has 0 saturated carbocycles. The Kier molecular flexibility index (Phi) is 9.30. The summed E-state index contributed by atoms with van der Waals surface area (Å²) in [6.07, 6.45) is 1.01. The van der Waals surface area contributed by atoms with Crippen molar-refractivity contribution < 1.29 is 24.2 Å². The highest BCUT2D eigenvalue weighted by atomic mass is 16.5. The summed E-state index contributed by atoms with van der Waals surface area (Å²) >= 11 is 0. The van der Waals surface area contributed by atoms with Crippen LogP contribution in [0.1, 0.15) is 59.8 Å². The maximum atomic E-state index is 13.5. The minimum atomic E-state index is -0.901. The van der Waals surface area contributed by atoms with Crippen LogP contribution in [-0.2, 0) is 17.8 Å². The van der Waals surface area contributed by atoms with Crippen molar-refractivity contribution in [1.82, 2.24) is 5.32 Å². The van der Waals surface area contributed by atoms with E-state index in [1.165, 1.54) is 0 Å². The van der Waals surface area contributed by atoms with Gasteiger partial charge in [-0.2, -0.15) is 0 Å². The molecule has 0 aliphatic rings. The van der Waals surface area contributed by atoms with Crippen LogP contribution in [0.25, 0.3) is 0 Å². The van der Waals surface area contributed by atoms with Crippen molar-refractivity contribution >= 4 is 11.9 Å². The molecular weight excluding hydrogens is 442 g/mol. The van der Waals surface area contributed by atoms with Crippen LogP contribution in [0, 0.1) is 5.92 Å². The van der Waals surface area contributed by atoms with E-state index in [1.807, 2.05) is 66.7 Å². The number of carboxylic acid groups (broad SMARTS) is 1. The van der Waals surface area contributed by atoms with Gasteiger partial charge in [0.15, 0.2) is 11.5 Å². The number of amides is 1. The van der Waals surface area contributed by atoms with Crippen molar-refractivity contribution in [3.05, 3.63) is 95.1 Å². The lowest BCUT2D eigenvalue weighted by atomic mass is 9.95. The number of carbonyl (C=O) groups is 2. The van der Waals surface area contributed by atoms with Gasteiger partial charge in [-0.25, -0.2) is 0 Å². The second-order valence-electron chi connectivity index (χ2n) is 8.89. The summed E-state index contributed by atoms with van der Waals surface area (Å²) in [4.78, 5) is 24.7. The van der Waals surface area contributed by atoms with Crippen LogP contribution in [0.4, 0.5) is 0 Å². The lowest BCUT2D eigenvalue weighted by Crippen LogP contribution is -2.30. The van der Waals surface area contributed by atoms with Crippen molar-refractivity contribution in [2.75, 3.05) is 7.11 Å². The predicted octanol–water partition coefficient (Wildman–Crippen LogP) is 5.81. The van der Waals surface area contributed by atoms with Crippen molar-refractivity contribution in [2.24, 2.45) is 5.92 Å². The predicted molar refractivity (Wildman–Crippen MR) is 136 cm³/mol. The molecule has 0 aliphatic heterocycles. The zero-order chi connectivity index (χ0) is 25.2. The topological polar surface area (TPSA) is 84.9 Å². The van der Waals surface area contributed by atoms with E-state index >= 15 is 0 Å². The number of benzene rings is 3. The molecule has 0 bridgehead atoms. The van der Waals surface area contributed by atoms with E-state index in [1.54, 1.807) is 13.2 Å². The Balaban J connectivity index is 1.85. The van der Waals surface area contributed by atoms with Crippen LogP contribution in [0.15, 0.2) is 72.8 Å². The maximum absolute atomic E-state index is 13.5. The van der Waals surface area contributed by atoms with Crippen LogP contribution < -0.4 is 14.8 Å². The zero-order valence-corrected chi connectivity index (χ0v) is 20.5. The van der Waals surface area contributed by atoms with Gasteiger partial charge in [0.25, 0.3) is 5.91 Å². The second kappa shape index (κ2) is 12.6. The zero-order valence-electron chi connectivity index (χ0n) is 20.5. The average Bonchev–Trinajstić information content (AvgIpc) is 2.86. The Morgan fingerprint density at radius 2 is 1.63 bits per heavy atom. The first-order valence-electron chi connectivity index (χ1n) is 11.8. The number of hydrogen-bond acceptors (Lipinski definition) is 4. The van der Waals surface area contributed by atoms with E-state index < -0.39 is 5.97 Å². The molecule has 0 radical (unpaired) electrons. The van der Waals surface area contributed by atoms with Crippen LogP contribution >= 0.6 is 0 Å². The van der Waals surface area contributed by atoms with E-state index in [4.69, 9.17) is 9.47 Å². The number of carbonyl (C=O) groups excluding carboxylic acids is 1. The molecule has 0 aliphatic carbocycles. The fraction of sp³-hybridized carbons (Fsp3) is 0.310. The lowest BCUT2D eigenvalue weighted by Gasteiger charge is -2.22. The molecule has 184 valence electrons. The third-order valence-corrected chi connectivity index (χ3v) is 5.70. The first-order chi connectivity index (χ1) is 16.9. The first-order valence-corrected chi connectivity index (χ1v) is 11.8. The molecule has 0 spiro atoms. The monoisotopic (exact) mass is 475 g/mol. The lowest BCUT2D eigenvalue weighted by molar-refractivity contribution is -0.136.